The molecule has 5 nitrogen and oxygen atoms in total. The smallest absolute Gasteiger partial charge is 0.236 e. The average molecular weight is 256 g/mol. The molecule has 5 heteroatoms. The Balaban J connectivity index is 1.83. The first-order valence-corrected chi connectivity index (χ1v) is 6.82. The summed E-state index contributed by atoms with van der Waals surface area (Å²) < 4.78 is 11.1. The zero-order valence-electron chi connectivity index (χ0n) is 11.6. The van der Waals surface area contributed by atoms with Gasteiger partial charge in [0.1, 0.15) is 0 Å². The lowest BCUT2D eigenvalue weighted by molar-refractivity contribution is -0.142. The van der Waals surface area contributed by atoms with Crippen LogP contribution in [0.25, 0.3) is 0 Å². The van der Waals surface area contributed by atoms with Crippen molar-refractivity contribution in [3.8, 4) is 0 Å². The third-order valence-corrected chi connectivity index (χ3v) is 3.45. The molecular weight excluding hydrogens is 232 g/mol. The topological polar surface area (TPSA) is 42.0 Å². The minimum atomic E-state index is 0.158. The van der Waals surface area contributed by atoms with E-state index in [-0.39, 0.29) is 24.2 Å². The number of amides is 1. The van der Waals surface area contributed by atoms with E-state index < -0.39 is 0 Å². The Morgan fingerprint density at radius 3 is 2.39 bits per heavy atom. The van der Waals surface area contributed by atoms with Gasteiger partial charge >= 0.3 is 0 Å². The van der Waals surface area contributed by atoms with Crippen molar-refractivity contribution in [3.63, 3.8) is 0 Å². The largest absolute Gasteiger partial charge is 0.375 e. The van der Waals surface area contributed by atoms with Crippen LogP contribution in [0.2, 0.25) is 0 Å². The standard InChI is InChI=1S/C13H24N2O3/c1-10-8-15(4-5-17-10)13(16)9-14-6-11(2)18-12(3)7-14/h10-12H,4-9H2,1-3H3/t10-,11-,12-/m1/s1. The summed E-state index contributed by atoms with van der Waals surface area (Å²) in [6.07, 6.45) is 0.584. The van der Waals surface area contributed by atoms with Gasteiger partial charge in [-0.2, -0.15) is 0 Å². The molecule has 1 amide bonds. The Morgan fingerprint density at radius 1 is 1.11 bits per heavy atom. The van der Waals surface area contributed by atoms with Crippen LogP contribution in [0.1, 0.15) is 20.8 Å². The van der Waals surface area contributed by atoms with Gasteiger partial charge in [-0.15, -0.1) is 0 Å². The second-order valence-corrected chi connectivity index (χ2v) is 5.47. The molecule has 0 spiro atoms. The molecule has 0 saturated carbocycles. The molecule has 0 bridgehead atoms. The van der Waals surface area contributed by atoms with E-state index in [0.29, 0.717) is 19.7 Å². The molecule has 0 N–H and O–H groups in total. The second-order valence-electron chi connectivity index (χ2n) is 5.47. The van der Waals surface area contributed by atoms with Gasteiger partial charge in [-0.05, 0) is 20.8 Å². The Kier molecular flexibility index (Phi) is 4.59. The minimum absolute atomic E-state index is 0.158. The molecule has 3 atom stereocenters. The monoisotopic (exact) mass is 256 g/mol. The number of carbonyl (C=O) groups is 1. The van der Waals surface area contributed by atoms with Gasteiger partial charge in [0, 0.05) is 26.2 Å². The maximum Gasteiger partial charge on any atom is 0.236 e. The second kappa shape index (κ2) is 5.99. The van der Waals surface area contributed by atoms with Crippen molar-refractivity contribution in [3.05, 3.63) is 0 Å². The van der Waals surface area contributed by atoms with E-state index >= 15 is 0 Å². The molecule has 2 aliphatic heterocycles. The predicted octanol–water partition coefficient (Wildman–Crippen LogP) is 0.343. The highest BCUT2D eigenvalue weighted by Crippen LogP contribution is 2.11. The van der Waals surface area contributed by atoms with Crippen molar-refractivity contribution < 1.29 is 14.3 Å². The summed E-state index contributed by atoms with van der Waals surface area (Å²) in [5.74, 6) is 0.214. The van der Waals surface area contributed by atoms with Crippen molar-refractivity contribution in [2.24, 2.45) is 0 Å². The first kappa shape index (κ1) is 13.8. The van der Waals surface area contributed by atoms with Crippen LogP contribution in [0.3, 0.4) is 0 Å². The van der Waals surface area contributed by atoms with Crippen LogP contribution in [0.4, 0.5) is 0 Å². The first-order valence-electron chi connectivity index (χ1n) is 6.82. The molecule has 18 heavy (non-hydrogen) atoms. The van der Waals surface area contributed by atoms with Gasteiger partial charge in [-0.1, -0.05) is 0 Å². The van der Waals surface area contributed by atoms with Gasteiger partial charge < -0.3 is 14.4 Å². The van der Waals surface area contributed by atoms with E-state index in [0.717, 1.165) is 19.6 Å². The van der Waals surface area contributed by atoms with Crippen molar-refractivity contribution in [2.45, 2.75) is 39.1 Å². The van der Waals surface area contributed by atoms with Gasteiger partial charge in [0.25, 0.3) is 0 Å². The fourth-order valence-electron chi connectivity index (χ4n) is 2.75. The van der Waals surface area contributed by atoms with E-state index in [1.165, 1.54) is 0 Å². The summed E-state index contributed by atoms with van der Waals surface area (Å²) in [6, 6.07) is 0. The zero-order valence-corrected chi connectivity index (χ0v) is 11.6. The number of morpholine rings is 2. The quantitative estimate of drug-likeness (QED) is 0.714. The van der Waals surface area contributed by atoms with E-state index in [1.54, 1.807) is 0 Å². The lowest BCUT2D eigenvalue weighted by Crippen LogP contribution is -2.52. The highest BCUT2D eigenvalue weighted by molar-refractivity contribution is 5.78. The van der Waals surface area contributed by atoms with E-state index in [9.17, 15) is 4.79 Å². The van der Waals surface area contributed by atoms with Crippen molar-refractivity contribution in [1.29, 1.82) is 0 Å². The molecule has 2 aliphatic rings. The Bertz CT molecular complexity index is 288. The highest BCUT2D eigenvalue weighted by atomic mass is 16.5. The zero-order chi connectivity index (χ0) is 13.1. The van der Waals surface area contributed by atoms with Crippen LogP contribution in [0, 0.1) is 0 Å². The molecule has 0 radical (unpaired) electrons. The summed E-state index contributed by atoms with van der Waals surface area (Å²) in [5.41, 5.74) is 0. The van der Waals surface area contributed by atoms with Gasteiger partial charge in [-0.3, -0.25) is 9.69 Å². The number of hydrogen-bond donors (Lipinski definition) is 0. The van der Waals surface area contributed by atoms with Gasteiger partial charge in [-0.25, -0.2) is 0 Å². The third kappa shape index (κ3) is 3.67. The summed E-state index contributed by atoms with van der Waals surface area (Å²) in [4.78, 5) is 16.3. The number of rotatable bonds is 2. The molecule has 2 heterocycles. The lowest BCUT2D eigenvalue weighted by Gasteiger charge is -2.37. The first-order chi connectivity index (χ1) is 8.54. The Hall–Kier alpha value is -0.650. The summed E-state index contributed by atoms with van der Waals surface area (Å²) in [6.45, 7) is 10.4. The summed E-state index contributed by atoms with van der Waals surface area (Å²) in [5, 5.41) is 0. The Labute approximate surface area is 109 Å². The molecule has 0 aromatic heterocycles. The fourth-order valence-corrected chi connectivity index (χ4v) is 2.75. The summed E-state index contributed by atoms with van der Waals surface area (Å²) >= 11 is 0. The SMILES string of the molecule is C[C@@H]1CN(C(=O)CN2C[C@@H](C)O[C@H](C)C2)CCO1. The lowest BCUT2D eigenvalue weighted by atomic mass is 10.2. The average Bonchev–Trinajstić information content (AvgIpc) is 2.27. The fraction of sp³-hybridized carbons (Fsp3) is 0.923. The maximum absolute atomic E-state index is 12.2. The van der Waals surface area contributed by atoms with E-state index in [4.69, 9.17) is 9.47 Å². The molecule has 104 valence electrons. The number of nitrogens with zero attached hydrogens (tertiary/aromatic N) is 2. The van der Waals surface area contributed by atoms with Crippen LogP contribution in [-0.2, 0) is 14.3 Å². The van der Waals surface area contributed by atoms with E-state index in [2.05, 4.69) is 18.7 Å². The van der Waals surface area contributed by atoms with E-state index in [1.807, 2.05) is 11.8 Å². The van der Waals surface area contributed by atoms with Crippen molar-refractivity contribution >= 4 is 5.91 Å². The molecule has 0 aromatic carbocycles. The van der Waals surface area contributed by atoms with Crippen LogP contribution >= 0.6 is 0 Å². The molecule has 0 aliphatic carbocycles. The van der Waals surface area contributed by atoms with Crippen LogP contribution < -0.4 is 0 Å². The predicted molar refractivity (Wildman–Crippen MR) is 68.4 cm³/mol. The number of ether oxygens (including phenoxy) is 2. The van der Waals surface area contributed by atoms with Crippen LogP contribution in [-0.4, -0.2) is 73.3 Å². The van der Waals surface area contributed by atoms with Crippen molar-refractivity contribution in [1.82, 2.24) is 9.80 Å². The minimum Gasteiger partial charge on any atom is -0.375 e. The van der Waals surface area contributed by atoms with Crippen LogP contribution in [0.15, 0.2) is 0 Å². The molecule has 0 aromatic rings. The highest BCUT2D eigenvalue weighted by Gasteiger charge is 2.27. The third-order valence-electron chi connectivity index (χ3n) is 3.45. The normalized spacial score (nSPS) is 34.6. The van der Waals surface area contributed by atoms with Gasteiger partial charge in [0.2, 0.25) is 5.91 Å². The van der Waals surface area contributed by atoms with Gasteiger partial charge in [0.15, 0.2) is 0 Å². The number of carbonyl (C=O) groups excluding carboxylic acids is 1. The van der Waals surface area contributed by atoms with Crippen LogP contribution in [0.5, 0.6) is 0 Å². The molecule has 2 rings (SSSR count). The van der Waals surface area contributed by atoms with Gasteiger partial charge in [0.05, 0.1) is 31.5 Å². The summed E-state index contributed by atoms with van der Waals surface area (Å²) in [7, 11) is 0. The molecular formula is C13H24N2O3. The molecule has 2 saturated heterocycles. The Morgan fingerprint density at radius 2 is 1.78 bits per heavy atom. The van der Waals surface area contributed by atoms with Crippen molar-refractivity contribution in [2.75, 3.05) is 39.3 Å². The number of hydrogen-bond acceptors (Lipinski definition) is 4. The molecule has 0 unspecified atom stereocenters. The maximum atomic E-state index is 12.2. The molecule has 2 fully saturated rings.